The lowest BCUT2D eigenvalue weighted by Gasteiger charge is -2.10. The van der Waals surface area contributed by atoms with E-state index in [2.05, 4.69) is 0 Å². The van der Waals surface area contributed by atoms with Crippen LogP contribution in [0.1, 0.15) is 27.2 Å². The fraction of sp³-hybridized carbons (Fsp3) is 0.857. The maximum absolute atomic E-state index is 10.4. The zero-order valence-electron chi connectivity index (χ0n) is 6.22. The Hall–Kier alpha value is -0.370. The first-order chi connectivity index (χ1) is 4.04. The van der Waals surface area contributed by atoms with Crippen molar-refractivity contribution < 1.29 is 9.90 Å². The van der Waals surface area contributed by atoms with E-state index in [1.807, 2.05) is 13.8 Å². The molecule has 0 radical (unpaired) electrons. The molecule has 0 heterocycles. The first-order valence-electron chi connectivity index (χ1n) is 3.21. The second-order valence-electron chi connectivity index (χ2n) is 2.72. The largest absolute Gasteiger partial charge is 0.392 e. The summed E-state index contributed by atoms with van der Waals surface area (Å²) in [7, 11) is 0. The Bertz CT molecular complexity index is 97.1. The van der Waals surface area contributed by atoms with Gasteiger partial charge >= 0.3 is 0 Å². The molecule has 1 unspecified atom stereocenters. The monoisotopic (exact) mass is 130 g/mol. The number of rotatable bonds is 3. The van der Waals surface area contributed by atoms with E-state index in [0.29, 0.717) is 0 Å². The van der Waals surface area contributed by atoms with Gasteiger partial charge in [-0.1, -0.05) is 13.8 Å². The van der Waals surface area contributed by atoms with Crippen molar-refractivity contribution in [2.24, 2.45) is 5.92 Å². The van der Waals surface area contributed by atoms with Crippen LogP contribution in [-0.4, -0.2) is 17.0 Å². The molecule has 54 valence electrons. The van der Waals surface area contributed by atoms with Crippen molar-refractivity contribution in [3.8, 4) is 0 Å². The molecule has 1 N–H and O–H groups in total. The van der Waals surface area contributed by atoms with Gasteiger partial charge in [0.15, 0.2) is 0 Å². The Labute approximate surface area is 55.9 Å². The summed E-state index contributed by atoms with van der Waals surface area (Å²) in [5, 5.41) is 9.08. The summed E-state index contributed by atoms with van der Waals surface area (Å²) in [5.74, 6) is 0.241. The minimum absolute atomic E-state index is 0.0520. The normalized spacial score (nSPS) is 13.9. The Kier molecular flexibility index (Phi) is 3.47. The van der Waals surface area contributed by atoms with Crippen LogP contribution in [0.5, 0.6) is 0 Å². The van der Waals surface area contributed by atoms with Gasteiger partial charge in [0.2, 0.25) is 0 Å². The van der Waals surface area contributed by atoms with Crippen LogP contribution in [0.4, 0.5) is 0 Å². The van der Waals surface area contributed by atoms with E-state index < -0.39 is 6.10 Å². The third kappa shape index (κ3) is 4.15. The maximum Gasteiger partial charge on any atom is 0.132 e. The molecule has 2 heteroatoms. The predicted octanol–water partition coefficient (Wildman–Crippen LogP) is 0.982. The Morgan fingerprint density at radius 1 is 1.56 bits per heavy atom. The summed E-state index contributed by atoms with van der Waals surface area (Å²) in [4.78, 5) is 10.4. The molecule has 0 rings (SSSR count). The van der Waals surface area contributed by atoms with E-state index in [-0.39, 0.29) is 18.1 Å². The number of Topliss-reactive ketones (excluding diaryl/α,β-unsaturated/α-hetero) is 1. The minimum atomic E-state index is -0.456. The molecule has 0 fully saturated rings. The summed E-state index contributed by atoms with van der Waals surface area (Å²) in [6, 6.07) is 0. The van der Waals surface area contributed by atoms with Crippen LogP contribution in [0.2, 0.25) is 0 Å². The molecule has 0 spiro atoms. The first-order valence-corrected chi connectivity index (χ1v) is 3.21. The van der Waals surface area contributed by atoms with Crippen molar-refractivity contribution in [3.63, 3.8) is 0 Å². The molecule has 0 aliphatic heterocycles. The molecule has 0 aliphatic rings. The summed E-state index contributed by atoms with van der Waals surface area (Å²) in [6.07, 6.45) is -0.167. The number of aliphatic hydroxyl groups excluding tert-OH is 1. The molecule has 1 atom stereocenters. The molecule has 0 aromatic carbocycles. The highest BCUT2D eigenvalue weighted by molar-refractivity contribution is 5.75. The van der Waals surface area contributed by atoms with E-state index >= 15 is 0 Å². The van der Waals surface area contributed by atoms with Crippen molar-refractivity contribution in [1.82, 2.24) is 0 Å². The highest BCUT2D eigenvalue weighted by Crippen LogP contribution is 2.04. The van der Waals surface area contributed by atoms with Crippen LogP contribution in [0.25, 0.3) is 0 Å². The number of carbonyl (C=O) groups is 1. The summed E-state index contributed by atoms with van der Waals surface area (Å²) >= 11 is 0. The quantitative estimate of drug-likeness (QED) is 0.618. The highest BCUT2D eigenvalue weighted by atomic mass is 16.3. The Morgan fingerprint density at radius 2 is 2.00 bits per heavy atom. The van der Waals surface area contributed by atoms with Gasteiger partial charge in [0.1, 0.15) is 5.78 Å². The fourth-order valence-electron chi connectivity index (χ4n) is 0.530. The lowest BCUT2D eigenvalue weighted by Crippen LogP contribution is -2.17. The van der Waals surface area contributed by atoms with Gasteiger partial charge in [0, 0.05) is 6.42 Å². The molecule has 0 amide bonds. The van der Waals surface area contributed by atoms with Gasteiger partial charge in [-0.25, -0.2) is 0 Å². The molecule has 2 nitrogen and oxygen atoms in total. The van der Waals surface area contributed by atoms with Crippen LogP contribution in [0.3, 0.4) is 0 Å². The van der Waals surface area contributed by atoms with Crippen LogP contribution in [-0.2, 0) is 4.79 Å². The zero-order valence-corrected chi connectivity index (χ0v) is 6.22. The van der Waals surface area contributed by atoms with Crippen LogP contribution >= 0.6 is 0 Å². The number of hydrogen-bond acceptors (Lipinski definition) is 2. The second-order valence-corrected chi connectivity index (χ2v) is 2.72. The lowest BCUT2D eigenvalue weighted by molar-refractivity contribution is -0.119. The SMILES string of the molecule is CC(=O)CC(O)C(C)C. The number of ketones is 1. The van der Waals surface area contributed by atoms with Crippen LogP contribution in [0, 0.1) is 5.92 Å². The van der Waals surface area contributed by atoms with Crippen molar-refractivity contribution in [1.29, 1.82) is 0 Å². The van der Waals surface area contributed by atoms with E-state index in [1.165, 1.54) is 6.92 Å². The van der Waals surface area contributed by atoms with Crippen molar-refractivity contribution in [3.05, 3.63) is 0 Å². The number of hydrogen-bond donors (Lipinski definition) is 1. The van der Waals surface area contributed by atoms with Crippen molar-refractivity contribution >= 4 is 5.78 Å². The zero-order chi connectivity index (χ0) is 7.44. The molecule has 0 aromatic rings. The third-order valence-corrected chi connectivity index (χ3v) is 1.27. The number of aliphatic hydroxyl groups is 1. The average Bonchev–Trinajstić information content (AvgIpc) is 1.63. The molecule has 9 heavy (non-hydrogen) atoms. The van der Waals surface area contributed by atoms with Crippen molar-refractivity contribution in [2.75, 3.05) is 0 Å². The fourth-order valence-corrected chi connectivity index (χ4v) is 0.530. The Balaban J connectivity index is 3.50. The molecule has 0 aliphatic carbocycles. The maximum atomic E-state index is 10.4. The molecular formula is C7H14O2. The number of carbonyl (C=O) groups excluding carboxylic acids is 1. The average molecular weight is 130 g/mol. The van der Waals surface area contributed by atoms with Gasteiger partial charge in [-0.3, -0.25) is 4.79 Å². The highest BCUT2D eigenvalue weighted by Gasteiger charge is 2.10. The van der Waals surface area contributed by atoms with Crippen molar-refractivity contribution in [2.45, 2.75) is 33.3 Å². The second kappa shape index (κ2) is 3.62. The molecular weight excluding hydrogens is 116 g/mol. The van der Waals surface area contributed by atoms with Gasteiger partial charge in [-0.2, -0.15) is 0 Å². The standard InChI is InChI=1S/C7H14O2/c1-5(2)7(9)4-6(3)8/h5,7,9H,4H2,1-3H3. The van der Waals surface area contributed by atoms with Gasteiger partial charge in [0.05, 0.1) is 6.10 Å². The third-order valence-electron chi connectivity index (χ3n) is 1.27. The van der Waals surface area contributed by atoms with Crippen LogP contribution in [0.15, 0.2) is 0 Å². The summed E-state index contributed by atoms with van der Waals surface area (Å²) in [5.41, 5.74) is 0. The molecule has 0 saturated heterocycles. The van der Waals surface area contributed by atoms with Gasteiger partial charge in [0.25, 0.3) is 0 Å². The first kappa shape index (κ1) is 8.63. The minimum Gasteiger partial charge on any atom is -0.392 e. The molecule has 0 bridgehead atoms. The molecule has 0 saturated carbocycles. The van der Waals surface area contributed by atoms with E-state index in [1.54, 1.807) is 0 Å². The summed E-state index contributed by atoms with van der Waals surface area (Å²) < 4.78 is 0. The van der Waals surface area contributed by atoms with Gasteiger partial charge in [-0.15, -0.1) is 0 Å². The summed E-state index contributed by atoms with van der Waals surface area (Å²) in [6.45, 7) is 5.28. The lowest BCUT2D eigenvalue weighted by atomic mass is 10.0. The van der Waals surface area contributed by atoms with E-state index in [0.717, 1.165) is 0 Å². The Morgan fingerprint density at radius 3 is 2.11 bits per heavy atom. The topological polar surface area (TPSA) is 37.3 Å². The smallest absolute Gasteiger partial charge is 0.132 e. The van der Waals surface area contributed by atoms with E-state index in [4.69, 9.17) is 5.11 Å². The van der Waals surface area contributed by atoms with Gasteiger partial charge < -0.3 is 5.11 Å². The van der Waals surface area contributed by atoms with E-state index in [9.17, 15) is 4.79 Å². The predicted molar refractivity (Wildman–Crippen MR) is 36.1 cm³/mol. The molecule has 0 aromatic heterocycles. The van der Waals surface area contributed by atoms with Crippen LogP contribution < -0.4 is 0 Å². The van der Waals surface area contributed by atoms with Gasteiger partial charge in [-0.05, 0) is 12.8 Å².